The monoisotopic (exact) mass is 254 g/mol. The van der Waals surface area contributed by atoms with Gasteiger partial charge in [-0.3, -0.25) is 4.79 Å². The van der Waals surface area contributed by atoms with E-state index in [0.29, 0.717) is 10.7 Å². The second kappa shape index (κ2) is 4.96. The Morgan fingerprint density at radius 1 is 1.41 bits per heavy atom. The summed E-state index contributed by atoms with van der Waals surface area (Å²) in [5, 5.41) is 3.69. The fraction of sp³-hybridized carbons (Fsp3) is 0.462. The van der Waals surface area contributed by atoms with E-state index in [2.05, 4.69) is 5.32 Å². The van der Waals surface area contributed by atoms with Crippen molar-refractivity contribution in [1.82, 2.24) is 0 Å². The summed E-state index contributed by atoms with van der Waals surface area (Å²) in [4.78, 5) is 11.6. The van der Waals surface area contributed by atoms with Crippen LogP contribution in [0.5, 0.6) is 0 Å². The van der Waals surface area contributed by atoms with E-state index >= 15 is 0 Å². The van der Waals surface area contributed by atoms with Crippen molar-refractivity contribution >= 4 is 28.8 Å². The van der Waals surface area contributed by atoms with E-state index in [-0.39, 0.29) is 17.2 Å². The molecule has 0 aromatic heterocycles. The molecule has 1 aromatic rings. The van der Waals surface area contributed by atoms with Crippen LogP contribution in [-0.2, 0) is 4.79 Å². The molecule has 3 nitrogen and oxygen atoms in total. The molecule has 0 bridgehead atoms. The first-order chi connectivity index (χ1) is 7.71. The average Bonchev–Trinajstić information content (AvgIpc) is 2.17. The zero-order chi connectivity index (χ0) is 13.2. The molecule has 4 heteroatoms. The van der Waals surface area contributed by atoms with Crippen LogP contribution in [0.2, 0.25) is 5.02 Å². The molecule has 0 radical (unpaired) electrons. The Balaban J connectivity index is 2.95. The molecule has 1 aromatic carbocycles. The van der Waals surface area contributed by atoms with Gasteiger partial charge in [-0.2, -0.15) is 0 Å². The van der Waals surface area contributed by atoms with E-state index in [1.54, 1.807) is 19.1 Å². The van der Waals surface area contributed by atoms with Crippen molar-refractivity contribution in [2.24, 2.45) is 5.41 Å². The van der Waals surface area contributed by atoms with Gasteiger partial charge in [0.2, 0.25) is 0 Å². The number of ketones is 1. The van der Waals surface area contributed by atoms with Gasteiger partial charge in [0.1, 0.15) is 0 Å². The number of carbonyl (C=O) groups excluding carboxylic acids is 1. The number of nitrogens with one attached hydrogen (secondary N) is 1. The molecule has 0 heterocycles. The first-order valence-electron chi connectivity index (χ1n) is 5.54. The number of hydrogen-bond donors (Lipinski definition) is 2. The molecule has 94 valence electrons. The predicted molar refractivity (Wildman–Crippen MR) is 73.4 cm³/mol. The number of Topliss-reactive ketones (excluding diaryl/α,β-unsaturated/α-hetero) is 1. The molecule has 0 aliphatic heterocycles. The van der Waals surface area contributed by atoms with Gasteiger partial charge in [-0.15, -0.1) is 0 Å². The highest BCUT2D eigenvalue weighted by Gasteiger charge is 2.28. The average molecular weight is 255 g/mol. The Bertz CT molecular complexity index is 424. The zero-order valence-corrected chi connectivity index (χ0v) is 11.4. The third-order valence-electron chi connectivity index (χ3n) is 2.58. The fourth-order valence-electron chi connectivity index (χ4n) is 1.71. The minimum atomic E-state index is -0.248. The molecule has 3 N–H and O–H groups in total. The fourth-order valence-corrected chi connectivity index (χ4v) is 1.89. The van der Waals surface area contributed by atoms with Crippen LogP contribution in [0.15, 0.2) is 18.2 Å². The van der Waals surface area contributed by atoms with Crippen molar-refractivity contribution in [3.8, 4) is 0 Å². The number of nitrogen functional groups attached to an aromatic ring is 1. The molecule has 0 saturated heterocycles. The molecule has 0 aliphatic rings. The topological polar surface area (TPSA) is 55.1 Å². The third-order valence-corrected chi connectivity index (χ3v) is 2.91. The van der Waals surface area contributed by atoms with Gasteiger partial charge in [-0.05, 0) is 30.5 Å². The van der Waals surface area contributed by atoms with Crippen molar-refractivity contribution in [1.29, 1.82) is 0 Å². The maximum atomic E-state index is 11.6. The van der Waals surface area contributed by atoms with E-state index in [1.807, 2.05) is 26.8 Å². The van der Waals surface area contributed by atoms with E-state index < -0.39 is 0 Å². The lowest BCUT2D eigenvalue weighted by molar-refractivity contribution is -0.119. The van der Waals surface area contributed by atoms with Crippen LogP contribution >= 0.6 is 11.6 Å². The summed E-state index contributed by atoms with van der Waals surface area (Å²) in [6.07, 6.45) is 0. The van der Waals surface area contributed by atoms with Crippen LogP contribution in [0.3, 0.4) is 0 Å². The highest BCUT2D eigenvalue weighted by Crippen LogP contribution is 2.27. The highest BCUT2D eigenvalue weighted by molar-refractivity contribution is 6.33. The van der Waals surface area contributed by atoms with E-state index in [4.69, 9.17) is 17.3 Å². The van der Waals surface area contributed by atoms with Gasteiger partial charge in [0.15, 0.2) is 5.78 Å². The Kier molecular flexibility index (Phi) is 4.04. The maximum Gasteiger partial charge on any atom is 0.152 e. The Hall–Kier alpha value is -1.22. The maximum absolute atomic E-state index is 11.6. The third kappa shape index (κ3) is 3.63. The number of rotatable bonds is 3. The van der Waals surface area contributed by atoms with Crippen molar-refractivity contribution in [3.05, 3.63) is 23.2 Å². The lowest BCUT2D eigenvalue weighted by Crippen LogP contribution is -2.39. The highest BCUT2D eigenvalue weighted by atomic mass is 35.5. The number of anilines is 2. The van der Waals surface area contributed by atoms with E-state index in [9.17, 15) is 4.79 Å². The second-order valence-electron chi connectivity index (χ2n) is 5.29. The van der Waals surface area contributed by atoms with Crippen LogP contribution < -0.4 is 11.1 Å². The molecule has 0 amide bonds. The first-order valence-corrected chi connectivity index (χ1v) is 5.91. The summed E-state index contributed by atoms with van der Waals surface area (Å²) in [6, 6.07) is 5.04. The molecule has 0 saturated carbocycles. The zero-order valence-electron chi connectivity index (χ0n) is 10.7. The van der Waals surface area contributed by atoms with Gasteiger partial charge in [0.25, 0.3) is 0 Å². The Labute approximate surface area is 107 Å². The van der Waals surface area contributed by atoms with E-state index in [1.165, 1.54) is 0 Å². The van der Waals surface area contributed by atoms with Gasteiger partial charge in [0, 0.05) is 5.69 Å². The van der Waals surface area contributed by atoms with Crippen molar-refractivity contribution in [2.75, 3.05) is 11.1 Å². The van der Waals surface area contributed by atoms with Crippen LogP contribution in [0.25, 0.3) is 0 Å². The number of carbonyl (C=O) groups is 1. The number of benzene rings is 1. The quantitative estimate of drug-likeness (QED) is 0.814. The SMILES string of the molecule is CC(=O)C(Nc1ccc(N)c(Cl)c1)C(C)(C)C. The van der Waals surface area contributed by atoms with Gasteiger partial charge in [0.05, 0.1) is 16.8 Å². The summed E-state index contributed by atoms with van der Waals surface area (Å²) in [5.74, 6) is 0.102. The van der Waals surface area contributed by atoms with E-state index in [0.717, 1.165) is 5.69 Å². The van der Waals surface area contributed by atoms with Crippen molar-refractivity contribution in [2.45, 2.75) is 33.7 Å². The lowest BCUT2D eigenvalue weighted by Gasteiger charge is -2.30. The van der Waals surface area contributed by atoms with Crippen molar-refractivity contribution in [3.63, 3.8) is 0 Å². The van der Waals surface area contributed by atoms with Crippen LogP contribution in [0.4, 0.5) is 11.4 Å². The van der Waals surface area contributed by atoms with Crippen LogP contribution in [0.1, 0.15) is 27.7 Å². The molecular weight excluding hydrogens is 236 g/mol. The minimum absolute atomic E-state index is 0.102. The molecule has 1 rings (SSSR count). The van der Waals surface area contributed by atoms with Gasteiger partial charge < -0.3 is 11.1 Å². The van der Waals surface area contributed by atoms with Crippen LogP contribution in [0, 0.1) is 5.41 Å². The summed E-state index contributed by atoms with van der Waals surface area (Å²) in [7, 11) is 0. The standard InChI is InChI=1S/C13H19ClN2O/c1-8(17)12(13(2,3)4)16-9-5-6-11(15)10(14)7-9/h5-7,12,16H,15H2,1-4H3. The van der Waals surface area contributed by atoms with Gasteiger partial charge >= 0.3 is 0 Å². The summed E-state index contributed by atoms with van der Waals surface area (Å²) < 4.78 is 0. The van der Waals surface area contributed by atoms with Gasteiger partial charge in [-0.25, -0.2) is 0 Å². The number of hydrogen-bond acceptors (Lipinski definition) is 3. The number of halogens is 1. The Morgan fingerprint density at radius 2 is 2.00 bits per heavy atom. The molecule has 0 aliphatic carbocycles. The number of nitrogens with two attached hydrogens (primary N) is 1. The predicted octanol–water partition coefficient (Wildman–Crippen LogP) is 3.34. The molecule has 17 heavy (non-hydrogen) atoms. The van der Waals surface area contributed by atoms with Crippen LogP contribution in [-0.4, -0.2) is 11.8 Å². The normalized spacial score (nSPS) is 13.2. The second-order valence-corrected chi connectivity index (χ2v) is 5.70. The lowest BCUT2D eigenvalue weighted by atomic mass is 9.84. The molecular formula is C13H19ClN2O. The molecule has 1 unspecified atom stereocenters. The summed E-state index contributed by atoms with van der Waals surface area (Å²) >= 11 is 5.94. The van der Waals surface area contributed by atoms with Crippen molar-refractivity contribution < 1.29 is 4.79 Å². The summed E-state index contributed by atoms with van der Waals surface area (Å²) in [6.45, 7) is 7.64. The minimum Gasteiger partial charge on any atom is -0.398 e. The Morgan fingerprint density at radius 3 is 2.41 bits per heavy atom. The largest absolute Gasteiger partial charge is 0.398 e. The van der Waals surface area contributed by atoms with Gasteiger partial charge in [-0.1, -0.05) is 32.4 Å². The first kappa shape index (κ1) is 13.8. The smallest absolute Gasteiger partial charge is 0.152 e. The summed E-state index contributed by atoms with van der Waals surface area (Å²) in [5.41, 5.74) is 6.82. The molecule has 0 fully saturated rings. The molecule has 0 spiro atoms. The molecule has 1 atom stereocenters.